The van der Waals surface area contributed by atoms with E-state index in [1.165, 1.54) is 41.5 Å². The summed E-state index contributed by atoms with van der Waals surface area (Å²) in [6, 6.07) is 9.60. The fourth-order valence-corrected chi connectivity index (χ4v) is 5.20. The molecule has 2 aromatic heterocycles. The minimum atomic E-state index is -0.471. The van der Waals surface area contributed by atoms with Gasteiger partial charge in [0.25, 0.3) is 0 Å². The third-order valence-electron chi connectivity index (χ3n) is 3.62. The zero-order chi connectivity index (χ0) is 19.4. The van der Waals surface area contributed by atoms with E-state index in [1.807, 2.05) is 44.2 Å². The smallest absolute Gasteiger partial charge is 0.341 e. The molecule has 1 aromatic carbocycles. The molecule has 140 valence electrons. The average Bonchev–Trinajstić information content (AvgIpc) is 3.22. The van der Waals surface area contributed by atoms with Gasteiger partial charge in [0.1, 0.15) is 15.6 Å². The number of hydrogen-bond acceptors (Lipinski definition) is 8. The molecule has 9 heteroatoms. The number of thioether (sulfide) groups is 1. The molecule has 0 saturated heterocycles. The molecule has 0 bridgehead atoms. The van der Waals surface area contributed by atoms with Crippen LogP contribution in [-0.4, -0.2) is 34.9 Å². The summed E-state index contributed by atoms with van der Waals surface area (Å²) >= 11 is 4.12. The van der Waals surface area contributed by atoms with Crippen LogP contribution in [0.1, 0.15) is 20.2 Å². The molecule has 0 aliphatic heterocycles. The second-order valence-electron chi connectivity index (χ2n) is 5.52. The van der Waals surface area contributed by atoms with Crippen molar-refractivity contribution in [2.24, 2.45) is 0 Å². The summed E-state index contributed by atoms with van der Waals surface area (Å²) in [4.78, 5) is 25.7. The van der Waals surface area contributed by atoms with E-state index in [0.717, 1.165) is 25.4 Å². The molecule has 0 aliphatic carbocycles. The summed E-state index contributed by atoms with van der Waals surface area (Å²) in [5.41, 5.74) is 2.08. The molecule has 0 atom stereocenters. The normalized spacial score (nSPS) is 10.6. The van der Waals surface area contributed by atoms with Crippen LogP contribution in [0.15, 0.2) is 34.7 Å². The molecule has 0 aliphatic rings. The second kappa shape index (κ2) is 8.64. The number of nitrogens with zero attached hydrogens (tertiary/aromatic N) is 2. The number of carbonyl (C=O) groups is 2. The molecule has 3 rings (SSSR count). The first-order chi connectivity index (χ1) is 13.0. The first-order valence-electron chi connectivity index (χ1n) is 7.99. The number of methoxy groups -OCH3 is 1. The van der Waals surface area contributed by atoms with Crippen LogP contribution < -0.4 is 5.32 Å². The number of benzene rings is 1. The molecule has 0 unspecified atom stereocenters. The van der Waals surface area contributed by atoms with Crippen LogP contribution in [-0.2, 0) is 9.53 Å². The lowest BCUT2D eigenvalue weighted by molar-refractivity contribution is -0.113. The first-order valence-corrected chi connectivity index (χ1v) is 10.6. The molecule has 1 N–H and O–H groups in total. The summed E-state index contributed by atoms with van der Waals surface area (Å²) in [6.07, 6.45) is 0. The van der Waals surface area contributed by atoms with Gasteiger partial charge in [-0.15, -0.1) is 21.5 Å². The fourth-order valence-electron chi connectivity index (χ4n) is 2.51. The van der Waals surface area contributed by atoms with E-state index in [-0.39, 0.29) is 11.7 Å². The summed E-state index contributed by atoms with van der Waals surface area (Å²) in [7, 11) is 1.34. The van der Waals surface area contributed by atoms with E-state index in [1.54, 1.807) is 0 Å². The van der Waals surface area contributed by atoms with Gasteiger partial charge in [0.2, 0.25) is 5.91 Å². The lowest BCUT2D eigenvalue weighted by Gasteiger charge is -2.08. The number of aryl methyl sites for hydroxylation is 2. The highest BCUT2D eigenvalue weighted by Gasteiger charge is 2.25. The van der Waals surface area contributed by atoms with Crippen LogP contribution in [0, 0.1) is 13.8 Å². The third-order valence-corrected chi connectivity index (χ3v) is 6.62. The molecule has 1 amide bonds. The molecule has 3 aromatic rings. The highest BCUT2D eigenvalue weighted by atomic mass is 32.2. The highest BCUT2D eigenvalue weighted by molar-refractivity contribution is 8.01. The Balaban J connectivity index is 1.84. The van der Waals surface area contributed by atoms with Crippen molar-refractivity contribution in [2.45, 2.75) is 18.2 Å². The Kier molecular flexibility index (Phi) is 6.25. The average molecular weight is 420 g/mol. The Hall–Kier alpha value is -2.23. The second-order valence-corrected chi connectivity index (χ2v) is 9.15. The highest BCUT2D eigenvalue weighted by Crippen LogP contribution is 2.40. The number of carbonyl (C=O) groups excluding carboxylic acids is 2. The number of thiophene rings is 1. The van der Waals surface area contributed by atoms with Crippen molar-refractivity contribution in [1.29, 1.82) is 0 Å². The van der Waals surface area contributed by atoms with Crippen molar-refractivity contribution in [2.75, 3.05) is 18.2 Å². The summed E-state index contributed by atoms with van der Waals surface area (Å²) in [5, 5.41) is 12.1. The molecule has 0 spiro atoms. The molecular weight excluding hydrogens is 402 g/mol. The van der Waals surface area contributed by atoms with Crippen LogP contribution in [0.3, 0.4) is 0 Å². The van der Waals surface area contributed by atoms with Crippen LogP contribution in [0.25, 0.3) is 11.1 Å². The lowest BCUT2D eigenvalue weighted by Crippen LogP contribution is -2.16. The van der Waals surface area contributed by atoms with Gasteiger partial charge in [-0.05, 0) is 19.4 Å². The van der Waals surface area contributed by atoms with E-state index in [0.29, 0.717) is 10.6 Å². The largest absolute Gasteiger partial charge is 0.465 e. The van der Waals surface area contributed by atoms with Crippen LogP contribution in [0.5, 0.6) is 0 Å². The van der Waals surface area contributed by atoms with E-state index < -0.39 is 5.97 Å². The maximum atomic E-state index is 12.4. The SMILES string of the molecule is COC(=O)c1c(NC(=O)CSc2nnc(C)s2)sc(C)c1-c1ccccc1. The first kappa shape index (κ1) is 19.5. The number of aromatic nitrogens is 2. The minimum Gasteiger partial charge on any atom is -0.465 e. The number of esters is 1. The van der Waals surface area contributed by atoms with Gasteiger partial charge in [0, 0.05) is 10.4 Å². The predicted octanol–water partition coefficient (Wildman–Crippen LogP) is 4.40. The zero-order valence-corrected chi connectivity index (χ0v) is 17.4. The van der Waals surface area contributed by atoms with Crippen LogP contribution >= 0.6 is 34.4 Å². The molecule has 0 radical (unpaired) electrons. The number of amides is 1. The van der Waals surface area contributed by atoms with Gasteiger partial charge < -0.3 is 10.1 Å². The molecule has 2 heterocycles. The van der Waals surface area contributed by atoms with Gasteiger partial charge in [-0.1, -0.05) is 53.4 Å². The Morgan fingerprint density at radius 2 is 1.89 bits per heavy atom. The maximum absolute atomic E-state index is 12.4. The topological polar surface area (TPSA) is 81.2 Å². The molecule has 0 fully saturated rings. The summed E-state index contributed by atoms with van der Waals surface area (Å²) < 4.78 is 5.70. The Morgan fingerprint density at radius 1 is 1.15 bits per heavy atom. The molecule has 27 heavy (non-hydrogen) atoms. The Morgan fingerprint density at radius 3 is 2.52 bits per heavy atom. The lowest BCUT2D eigenvalue weighted by atomic mass is 10.0. The Bertz CT molecular complexity index is 967. The molecular formula is C18H17N3O3S3. The predicted molar refractivity (Wildman–Crippen MR) is 110 cm³/mol. The van der Waals surface area contributed by atoms with Crippen molar-refractivity contribution in [3.63, 3.8) is 0 Å². The van der Waals surface area contributed by atoms with E-state index >= 15 is 0 Å². The van der Waals surface area contributed by atoms with Crippen molar-refractivity contribution < 1.29 is 14.3 Å². The number of nitrogens with one attached hydrogen (secondary N) is 1. The van der Waals surface area contributed by atoms with Crippen LogP contribution in [0.4, 0.5) is 5.00 Å². The number of ether oxygens (including phenoxy) is 1. The van der Waals surface area contributed by atoms with Crippen molar-refractivity contribution in [3.8, 4) is 11.1 Å². The van der Waals surface area contributed by atoms with Gasteiger partial charge in [0.05, 0.1) is 12.9 Å². The number of rotatable bonds is 6. The van der Waals surface area contributed by atoms with Crippen molar-refractivity contribution in [1.82, 2.24) is 10.2 Å². The quantitative estimate of drug-likeness (QED) is 0.471. The van der Waals surface area contributed by atoms with Crippen molar-refractivity contribution >= 4 is 51.3 Å². The molecule has 6 nitrogen and oxygen atoms in total. The third kappa shape index (κ3) is 4.55. The maximum Gasteiger partial charge on any atom is 0.341 e. The van der Waals surface area contributed by atoms with E-state index in [2.05, 4.69) is 15.5 Å². The van der Waals surface area contributed by atoms with Crippen LogP contribution in [0.2, 0.25) is 0 Å². The monoisotopic (exact) mass is 419 g/mol. The number of hydrogen-bond donors (Lipinski definition) is 1. The van der Waals surface area contributed by atoms with Crippen molar-refractivity contribution in [3.05, 3.63) is 45.8 Å². The van der Waals surface area contributed by atoms with E-state index in [9.17, 15) is 9.59 Å². The van der Waals surface area contributed by atoms with Gasteiger partial charge in [-0.3, -0.25) is 4.79 Å². The fraction of sp³-hybridized carbons (Fsp3) is 0.222. The minimum absolute atomic E-state index is 0.187. The van der Waals surface area contributed by atoms with E-state index in [4.69, 9.17) is 4.74 Å². The summed E-state index contributed by atoms with van der Waals surface area (Å²) in [5.74, 6) is -0.493. The Labute approximate surface area is 169 Å². The molecule has 0 saturated carbocycles. The number of anilines is 1. The van der Waals surface area contributed by atoms with Gasteiger partial charge in [-0.2, -0.15) is 0 Å². The van der Waals surface area contributed by atoms with Gasteiger partial charge in [-0.25, -0.2) is 4.79 Å². The van der Waals surface area contributed by atoms with Gasteiger partial charge in [0.15, 0.2) is 4.34 Å². The summed E-state index contributed by atoms with van der Waals surface area (Å²) in [6.45, 7) is 3.79. The van der Waals surface area contributed by atoms with Gasteiger partial charge >= 0.3 is 5.97 Å². The standard InChI is InChI=1S/C18H17N3O3S3/c1-10-14(12-7-5-4-6-8-12)15(17(23)24-3)16(26-10)19-13(22)9-25-18-21-20-11(2)27-18/h4-8H,9H2,1-3H3,(H,19,22). The zero-order valence-electron chi connectivity index (χ0n) is 14.9.